The van der Waals surface area contributed by atoms with E-state index >= 15 is 0 Å². The van der Waals surface area contributed by atoms with Crippen LogP contribution in [0.2, 0.25) is 0 Å². The molecule has 0 aliphatic carbocycles. The Morgan fingerprint density at radius 1 is 1.35 bits per heavy atom. The zero-order valence-electron chi connectivity index (χ0n) is 13.1. The molecule has 1 aromatic rings. The minimum atomic E-state index is 0.0318. The van der Waals surface area contributed by atoms with Crippen molar-refractivity contribution in [3.8, 4) is 5.75 Å². The van der Waals surface area contributed by atoms with Crippen molar-refractivity contribution in [1.82, 2.24) is 9.80 Å². The number of hydrogen-bond acceptors (Lipinski definition) is 4. The number of ether oxygens (including phenoxy) is 1. The molecule has 1 saturated heterocycles. The number of benzene rings is 1. The molecule has 0 bridgehead atoms. The molecule has 1 aliphatic heterocycles. The second-order valence-electron chi connectivity index (χ2n) is 6.35. The maximum Gasteiger partial charge on any atom is 0.119 e. The quantitative estimate of drug-likeness (QED) is 0.910. The summed E-state index contributed by atoms with van der Waals surface area (Å²) in [6.07, 6.45) is 0. The third-order valence-electron chi connectivity index (χ3n) is 4.37. The molecular weight excluding hydrogens is 250 g/mol. The summed E-state index contributed by atoms with van der Waals surface area (Å²) in [5.41, 5.74) is 7.72. The highest BCUT2D eigenvalue weighted by Gasteiger charge is 2.31. The second-order valence-corrected chi connectivity index (χ2v) is 6.35. The molecule has 1 aromatic carbocycles. The van der Waals surface area contributed by atoms with Gasteiger partial charge in [-0.05, 0) is 38.6 Å². The molecule has 1 unspecified atom stereocenters. The first kappa shape index (κ1) is 15.3. The van der Waals surface area contributed by atoms with Crippen LogP contribution in [-0.4, -0.2) is 55.7 Å². The van der Waals surface area contributed by atoms with E-state index in [1.807, 2.05) is 18.2 Å². The van der Waals surface area contributed by atoms with Crippen LogP contribution in [0, 0.1) is 0 Å². The highest BCUT2D eigenvalue weighted by Crippen LogP contribution is 2.22. The normalized spacial score (nSPS) is 21.6. The number of hydrogen-bond donors (Lipinski definition) is 1. The van der Waals surface area contributed by atoms with Gasteiger partial charge in [-0.3, -0.25) is 9.80 Å². The van der Waals surface area contributed by atoms with E-state index in [4.69, 9.17) is 10.5 Å². The van der Waals surface area contributed by atoms with Crippen LogP contribution >= 0.6 is 0 Å². The van der Waals surface area contributed by atoms with Gasteiger partial charge in [0.05, 0.1) is 7.11 Å². The molecule has 1 aliphatic rings. The van der Waals surface area contributed by atoms with Gasteiger partial charge in [0.25, 0.3) is 0 Å². The summed E-state index contributed by atoms with van der Waals surface area (Å²) in [7, 11) is 3.88. The minimum Gasteiger partial charge on any atom is -0.497 e. The Hall–Kier alpha value is -1.10. The number of piperazine rings is 1. The summed E-state index contributed by atoms with van der Waals surface area (Å²) >= 11 is 0. The van der Waals surface area contributed by atoms with Crippen LogP contribution in [0.25, 0.3) is 0 Å². The minimum absolute atomic E-state index is 0.0318. The zero-order chi connectivity index (χ0) is 14.8. The van der Waals surface area contributed by atoms with Gasteiger partial charge in [0, 0.05) is 37.8 Å². The third kappa shape index (κ3) is 3.51. The fourth-order valence-corrected chi connectivity index (χ4v) is 2.75. The largest absolute Gasteiger partial charge is 0.497 e. The van der Waals surface area contributed by atoms with Crippen molar-refractivity contribution >= 4 is 0 Å². The molecule has 2 rings (SSSR count). The maximum atomic E-state index is 6.36. The standard InChI is InChI=1S/C16H27N3O/c1-16(2)12-19(9-8-18(16)3)11-15(17)13-6-5-7-14(10-13)20-4/h5-7,10,15H,8-9,11-12,17H2,1-4H3. The molecule has 0 saturated carbocycles. The van der Waals surface area contributed by atoms with E-state index in [0.717, 1.165) is 37.5 Å². The first-order valence-corrected chi connectivity index (χ1v) is 7.25. The number of methoxy groups -OCH3 is 1. The zero-order valence-corrected chi connectivity index (χ0v) is 13.1. The van der Waals surface area contributed by atoms with E-state index in [1.165, 1.54) is 0 Å². The second kappa shape index (κ2) is 6.12. The monoisotopic (exact) mass is 277 g/mol. The number of likely N-dealkylation sites (N-methyl/N-ethyl adjacent to an activating group) is 1. The van der Waals surface area contributed by atoms with Gasteiger partial charge in [-0.25, -0.2) is 0 Å². The van der Waals surface area contributed by atoms with Crippen LogP contribution < -0.4 is 10.5 Å². The number of rotatable bonds is 4. The van der Waals surface area contributed by atoms with E-state index < -0.39 is 0 Å². The van der Waals surface area contributed by atoms with Gasteiger partial charge >= 0.3 is 0 Å². The van der Waals surface area contributed by atoms with Gasteiger partial charge in [-0.1, -0.05) is 12.1 Å². The Balaban J connectivity index is 1.99. The fraction of sp³-hybridized carbons (Fsp3) is 0.625. The Bertz CT molecular complexity index is 447. The van der Waals surface area contributed by atoms with Crippen molar-refractivity contribution in [3.63, 3.8) is 0 Å². The van der Waals surface area contributed by atoms with Gasteiger partial charge in [-0.15, -0.1) is 0 Å². The molecule has 1 atom stereocenters. The predicted molar refractivity (Wildman–Crippen MR) is 83.1 cm³/mol. The first-order valence-electron chi connectivity index (χ1n) is 7.25. The predicted octanol–water partition coefficient (Wildman–Crippen LogP) is 1.72. The lowest BCUT2D eigenvalue weighted by Crippen LogP contribution is -2.58. The molecular formula is C16H27N3O. The fourth-order valence-electron chi connectivity index (χ4n) is 2.75. The van der Waals surface area contributed by atoms with Crippen molar-refractivity contribution < 1.29 is 4.74 Å². The molecule has 0 aromatic heterocycles. The van der Waals surface area contributed by atoms with Gasteiger partial charge in [0.2, 0.25) is 0 Å². The molecule has 4 heteroatoms. The van der Waals surface area contributed by atoms with Crippen LogP contribution in [0.15, 0.2) is 24.3 Å². The Kier molecular flexibility index (Phi) is 4.68. The lowest BCUT2D eigenvalue weighted by atomic mass is 9.98. The van der Waals surface area contributed by atoms with Crippen molar-refractivity contribution in [2.24, 2.45) is 5.73 Å². The van der Waals surface area contributed by atoms with E-state index in [2.05, 4.69) is 36.8 Å². The highest BCUT2D eigenvalue weighted by atomic mass is 16.5. The van der Waals surface area contributed by atoms with Crippen LogP contribution in [0.1, 0.15) is 25.5 Å². The summed E-state index contributed by atoms with van der Waals surface area (Å²) in [6, 6.07) is 8.10. The maximum absolute atomic E-state index is 6.36. The van der Waals surface area contributed by atoms with Gasteiger partial charge < -0.3 is 10.5 Å². The lowest BCUT2D eigenvalue weighted by molar-refractivity contribution is 0.0371. The van der Waals surface area contributed by atoms with Crippen molar-refractivity contribution in [1.29, 1.82) is 0 Å². The Morgan fingerprint density at radius 3 is 2.75 bits per heavy atom. The lowest BCUT2D eigenvalue weighted by Gasteiger charge is -2.46. The van der Waals surface area contributed by atoms with E-state index in [1.54, 1.807) is 7.11 Å². The summed E-state index contributed by atoms with van der Waals surface area (Å²) < 4.78 is 5.27. The molecule has 2 N–H and O–H groups in total. The first-order chi connectivity index (χ1) is 9.42. The number of nitrogens with two attached hydrogens (primary N) is 1. The molecule has 1 heterocycles. The molecule has 0 amide bonds. The SMILES string of the molecule is COc1cccc(C(N)CN2CCN(C)C(C)(C)C2)c1. The summed E-state index contributed by atoms with van der Waals surface area (Å²) in [5.74, 6) is 0.872. The average molecular weight is 277 g/mol. The Morgan fingerprint density at radius 2 is 2.10 bits per heavy atom. The van der Waals surface area contributed by atoms with Crippen LogP contribution in [-0.2, 0) is 0 Å². The molecule has 112 valence electrons. The smallest absolute Gasteiger partial charge is 0.119 e. The van der Waals surface area contributed by atoms with E-state index in [-0.39, 0.29) is 11.6 Å². The summed E-state index contributed by atoms with van der Waals surface area (Å²) in [4.78, 5) is 4.88. The van der Waals surface area contributed by atoms with Crippen LogP contribution in [0.5, 0.6) is 5.75 Å². The van der Waals surface area contributed by atoms with Gasteiger partial charge in [-0.2, -0.15) is 0 Å². The van der Waals surface area contributed by atoms with Crippen LogP contribution in [0.4, 0.5) is 0 Å². The summed E-state index contributed by atoms with van der Waals surface area (Å²) in [5, 5.41) is 0. The molecule has 4 nitrogen and oxygen atoms in total. The van der Waals surface area contributed by atoms with E-state index in [9.17, 15) is 0 Å². The summed E-state index contributed by atoms with van der Waals surface area (Å²) in [6.45, 7) is 8.70. The Labute approximate surface area is 122 Å². The molecule has 0 radical (unpaired) electrons. The average Bonchev–Trinajstić information content (AvgIpc) is 2.42. The van der Waals surface area contributed by atoms with Crippen molar-refractivity contribution in [2.45, 2.75) is 25.4 Å². The van der Waals surface area contributed by atoms with E-state index in [0.29, 0.717) is 0 Å². The van der Waals surface area contributed by atoms with Crippen molar-refractivity contribution in [2.75, 3.05) is 40.3 Å². The van der Waals surface area contributed by atoms with Gasteiger partial charge in [0.1, 0.15) is 5.75 Å². The molecule has 0 spiro atoms. The number of nitrogens with zero attached hydrogens (tertiary/aromatic N) is 2. The van der Waals surface area contributed by atoms with Crippen molar-refractivity contribution in [3.05, 3.63) is 29.8 Å². The highest BCUT2D eigenvalue weighted by molar-refractivity contribution is 5.30. The third-order valence-corrected chi connectivity index (χ3v) is 4.37. The van der Waals surface area contributed by atoms with Gasteiger partial charge in [0.15, 0.2) is 0 Å². The molecule has 20 heavy (non-hydrogen) atoms. The molecule has 1 fully saturated rings. The topological polar surface area (TPSA) is 41.7 Å². The van der Waals surface area contributed by atoms with Crippen LogP contribution in [0.3, 0.4) is 0 Å².